The van der Waals surface area contributed by atoms with Crippen LogP contribution in [0.3, 0.4) is 0 Å². The fourth-order valence-corrected chi connectivity index (χ4v) is 3.10. The number of hydrogen-bond donors (Lipinski definition) is 2. The molecule has 0 spiro atoms. The molecule has 4 aromatic rings. The zero-order valence-electron chi connectivity index (χ0n) is 16.0. The predicted octanol–water partition coefficient (Wildman–Crippen LogP) is 4.99. The molecule has 1 aromatic heterocycles. The Labute approximate surface area is 179 Å². The van der Waals surface area contributed by atoms with Crippen molar-refractivity contribution in [2.45, 2.75) is 32.5 Å². The first-order valence-corrected chi connectivity index (χ1v) is 9.15. The van der Waals surface area contributed by atoms with Crippen LogP contribution in [-0.2, 0) is 20.1 Å². The van der Waals surface area contributed by atoms with Crippen LogP contribution in [0.25, 0.3) is 32.8 Å². The minimum atomic E-state index is -0.375. The molecule has 0 saturated heterocycles. The summed E-state index contributed by atoms with van der Waals surface area (Å²) in [6.45, 7) is 3.32. The maximum atomic E-state index is 8.56. The number of benzene rings is 3. The van der Waals surface area contributed by atoms with Crippen molar-refractivity contribution in [3.8, 4) is 11.3 Å². The molecule has 2 unspecified atom stereocenters. The fraction of sp³-hybridized carbons (Fsp3) is 0.208. The Morgan fingerprint density at radius 1 is 0.857 bits per heavy atom. The molecular formula is C24H24IrNO2-. The zero-order chi connectivity index (χ0) is 19.2. The number of hydrogen-bond acceptors (Lipinski definition) is 3. The monoisotopic (exact) mass is 551 g/mol. The number of aliphatic hydroxyl groups is 2. The van der Waals surface area contributed by atoms with Crippen molar-refractivity contribution in [2.24, 2.45) is 0 Å². The van der Waals surface area contributed by atoms with E-state index in [4.69, 9.17) is 10.2 Å². The average Bonchev–Trinajstić information content (AvgIpc) is 2.67. The summed E-state index contributed by atoms with van der Waals surface area (Å²) in [6.07, 6.45) is 1.54. The third kappa shape index (κ3) is 5.70. The van der Waals surface area contributed by atoms with Gasteiger partial charge in [0.1, 0.15) is 0 Å². The molecule has 0 aliphatic heterocycles. The van der Waals surface area contributed by atoms with Gasteiger partial charge in [0.25, 0.3) is 0 Å². The van der Waals surface area contributed by atoms with Crippen LogP contribution in [-0.4, -0.2) is 27.4 Å². The van der Waals surface area contributed by atoms with Gasteiger partial charge in [-0.25, -0.2) is 0 Å². The molecule has 147 valence electrons. The molecule has 0 fully saturated rings. The minimum absolute atomic E-state index is 0. The first-order chi connectivity index (χ1) is 13.0. The van der Waals surface area contributed by atoms with E-state index in [9.17, 15) is 0 Å². The molecule has 1 radical (unpaired) electrons. The Hall–Kier alpha value is -2.10. The van der Waals surface area contributed by atoms with Crippen molar-refractivity contribution in [3.05, 3.63) is 79.0 Å². The van der Waals surface area contributed by atoms with E-state index in [1.165, 1.54) is 21.5 Å². The van der Waals surface area contributed by atoms with Gasteiger partial charge in [0, 0.05) is 26.3 Å². The third-order valence-corrected chi connectivity index (χ3v) is 4.30. The molecule has 0 aliphatic carbocycles. The zero-order valence-corrected chi connectivity index (χ0v) is 18.4. The van der Waals surface area contributed by atoms with E-state index in [0.29, 0.717) is 6.42 Å². The molecule has 0 saturated carbocycles. The van der Waals surface area contributed by atoms with Crippen molar-refractivity contribution < 1.29 is 30.3 Å². The summed E-state index contributed by atoms with van der Waals surface area (Å²) in [5.74, 6) is 0. The Balaban J connectivity index is 0.000000306. The van der Waals surface area contributed by atoms with Crippen molar-refractivity contribution in [1.82, 2.24) is 4.98 Å². The van der Waals surface area contributed by atoms with Crippen molar-refractivity contribution in [3.63, 3.8) is 0 Å². The summed E-state index contributed by atoms with van der Waals surface area (Å²) in [5.41, 5.74) is 2.00. The second-order valence-electron chi connectivity index (χ2n) is 6.79. The van der Waals surface area contributed by atoms with Gasteiger partial charge in [-0.1, -0.05) is 59.3 Å². The molecule has 2 N–H and O–H groups in total. The largest absolute Gasteiger partial charge is 0.393 e. The molecule has 4 heteroatoms. The Kier molecular flexibility index (Phi) is 8.28. The average molecular weight is 551 g/mol. The van der Waals surface area contributed by atoms with Crippen LogP contribution in [0.2, 0.25) is 0 Å². The number of rotatable bonds is 3. The number of aliphatic hydroxyl groups excluding tert-OH is 2. The maximum absolute atomic E-state index is 8.56. The van der Waals surface area contributed by atoms with E-state index >= 15 is 0 Å². The molecule has 4 rings (SSSR count). The van der Waals surface area contributed by atoms with Crippen molar-refractivity contribution >= 4 is 21.5 Å². The number of fused-ring (bicyclic) bond motifs is 3. The van der Waals surface area contributed by atoms with Gasteiger partial charge in [0.05, 0.1) is 12.2 Å². The first-order valence-electron chi connectivity index (χ1n) is 9.15. The summed E-state index contributed by atoms with van der Waals surface area (Å²) in [4.78, 5) is 4.40. The van der Waals surface area contributed by atoms with Gasteiger partial charge in [0.15, 0.2) is 0 Å². The van der Waals surface area contributed by atoms with Crippen LogP contribution < -0.4 is 0 Å². The van der Waals surface area contributed by atoms with Crippen LogP contribution >= 0.6 is 0 Å². The topological polar surface area (TPSA) is 53.4 Å². The van der Waals surface area contributed by atoms with Gasteiger partial charge in [-0.05, 0) is 42.8 Å². The molecule has 2 atom stereocenters. The van der Waals surface area contributed by atoms with Crippen LogP contribution in [0.4, 0.5) is 0 Å². The van der Waals surface area contributed by atoms with E-state index in [2.05, 4.69) is 53.5 Å². The smallest absolute Gasteiger partial charge is 0.0536 e. The first kappa shape index (κ1) is 22.2. The van der Waals surface area contributed by atoms with E-state index in [1.807, 2.05) is 30.5 Å². The number of aromatic nitrogens is 1. The van der Waals surface area contributed by atoms with Crippen LogP contribution in [0.5, 0.6) is 0 Å². The van der Waals surface area contributed by atoms with Gasteiger partial charge in [-0.2, -0.15) is 0 Å². The Morgan fingerprint density at radius 2 is 1.54 bits per heavy atom. The van der Waals surface area contributed by atoms with Crippen LogP contribution in [0.1, 0.15) is 20.3 Å². The van der Waals surface area contributed by atoms with E-state index in [1.54, 1.807) is 13.8 Å². The fourth-order valence-electron chi connectivity index (χ4n) is 3.10. The van der Waals surface area contributed by atoms with Crippen molar-refractivity contribution in [1.29, 1.82) is 0 Å². The summed E-state index contributed by atoms with van der Waals surface area (Å²) >= 11 is 0. The van der Waals surface area contributed by atoms with Gasteiger partial charge < -0.3 is 15.2 Å². The number of pyridine rings is 1. The SMILES string of the molecule is CC(O)CC(C)O.[Ir].[c-]1cc2ccc3ccccc3c2cc1-c1ccccn1. The van der Waals surface area contributed by atoms with Gasteiger partial charge in [-0.3, -0.25) is 0 Å². The van der Waals surface area contributed by atoms with Crippen LogP contribution in [0, 0.1) is 6.07 Å². The summed E-state index contributed by atoms with van der Waals surface area (Å²) in [5, 5.41) is 22.1. The quantitative estimate of drug-likeness (QED) is 0.279. The van der Waals surface area contributed by atoms with Gasteiger partial charge >= 0.3 is 0 Å². The van der Waals surface area contributed by atoms with E-state index in [-0.39, 0.29) is 32.3 Å². The summed E-state index contributed by atoms with van der Waals surface area (Å²) in [7, 11) is 0. The molecule has 0 bridgehead atoms. The third-order valence-electron chi connectivity index (χ3n) is 4.30. The molecular weight excluding hydrogens is 526 g/mol. The maximum Gasteiger partial charge on any atom is 0.0536 e. The number of nitrogens with zero attached hydrogens (tertiary/aromatic N) is 1. The molecule has 3 aromatic carbocycles. The van der Waals surface area contributed by atoms with Crippen molar-refractivity contribution in [2.75, 3.05) is 0 Å². The predicted molar refractivity (Wildman–Crippen MR) is 111 cm³/mol. The summed E-state index contributed by atoms with van der Waals surface area (Å²) < 4.78 is 0. The Morgan fingerprint density at radius 3 is 2.18 bits per heavy atom. The van der Waals surface area contributed by atoms with Crippen LogP contribution in [0.15, 0.2) is 72.9 Å². The standard InChI is InChI=1S/C19H12N.C5H12O2.Ir/c1-2-6-17-14(5-1)8-9-15-10-11-16(13-18(15)17)19-7-3-4-12-20-19;1-4(6)3-5(2)7;/h1-10,12-13H;4-7H,3H2,1-2H3;/q-1;;. The summed E-state index contributed by atoms with van der Waals surface area (Å²) in [6, 6.07) is 26.3. The normalized spacial score (nSPS) is 12.6. The minimum Gasteiger partial charge on any atom is -0.393 e. The molecule has 1 heterocycles. The molecule has 28 heavy (non-hydrogen) atoms. The Bertz CT molecular complexity index is 1010. The van der Waals surface area contributed by atoms with Gasteiger partial charge in [-0.15, -0.1) is 23.8 Å². The van der Waals surface area contributed by atoms with E-state index in [0.717, 1.165) is 11.3 Å². The van der Waals surface area contributed by atoms with E-state index < -0.39 is 0 Å². The molecule has 0 aliphatic rings. The second-order valence-corrected chi connectivity index (χ2v) is 6.79. The van der Waals surface area contributed by atoms with Gasteiger partial charge in [0.2, 0.25) is 0 Å². The molecule has 3 nitrogen and oxygen atoms in total. The second kappa shape index (κ2) is 10.4. The molecule has 0 amide bonds.